The van der Waals surface area contributed by atoms with E-state index in [1.165, 1.54) is 0 Å². The Morgan fingerprint density at radius 1 is 1.44 bits per heavy atom. The molecule has 0 aliphatic heterocycles. The van der Waals surface area contributed by atoms with Crippen LogP contribution in [0.4, 0.5) is 0 Å². The van der Waals surface area contributed by atoms with Crippen molar-refractivity contribution in [2.45, 2.75) is 46.1 Å². The van der Waals surface area contributed by atoms with Crippen molar-refractivity contribution in [2.24, 2.45) is 5.92 Å². The van der Waals surface area contributed by atoms with Gasteiger partial charge in [0.25, 0.3) is 0 Å². The summed E-state index contributed by atoms with van der Waals surface area (Å²) in [5.74, 6) is 0.373. The smallest absolute Gasteiger partial charge is 0.0642 e. The standard InChI is InChI=1S/C8H18O/c1-5-6-8(4,9)7(2)3/h7,9H,5-6H2,1-4H3/t8-/m1/s1. The van der Waals surface area contributed by atoms with E-state index < -0.39 is 5.60 Å². The van der Waals surface area contributed by atoms with Gasteiger partial charge in [0.05, 0.1) is 5.60 Å². The van der Waals surface area contributed by atoms with Gasteiger partial charge in [0.1, 0.15) is 0 Å². The highest BCUT2D eigenvalue weighted by atomic mass is 16.3. The molecule has 0 fully saturated rings. The third-order valence-electron chi connectivity index (χ3n) is 2.00. The van der Waals surface area contributed by atoms with E-state index in [1.807, 2.05) is 6.92 Å². The molecular weight excluding hydrogens is 112 g/mol. The third kappa shape index (κ3) is 2.85. The van der Waals surface area contributed by atoms with Crippen LogP contribution in [-0.2, 0) is 0 Å². The zero-order valence-electron chi connectivity index (χ0n) is 6.94. The van der Waals surface area contributed by atoms with E-state index in [2.05, 4.69) is 20.8 Å². The SMILES string of the molecule is CCC[C@@](C)(O)C(C)C. The normalized spacial score (nSPS) is 18.0. The largest absolute Gasteiger partial charge is 0.390 e. The van der Waals surface area contributed by atoms with E-state index >= 15 is 0 Å². The van der Waals surface area contributed by atoms with Gasteiger partial charge in [0.2, 0.25) is 0 Å². The molecular formula is C8H18O. The van der Waals surface area contributed by atoms with Crippen LogP contribution in [0.2, 0.25) is 0 Å². The molecule has 0 heterocycles. The fourth-order valence-corrected chi connectivity index (χ4v) is 0.795. The van der Waals surface area contributed by atoms with Crippen LogP contribution >= 0.6 is 0 Å². The van der Waals surface area contributed by atoms with Crippen molar-refractivity contribution >= 4 is 0 Å². The van der Waals surface area contributed by atoms with Gasteiger partial charge < -0.3 is 5.11 Å². The van der Waals surface area contributed by atoms with Crippen LogP contribution in [0.5, 0.6) is 0 Å². The maximum atomic E-state index is 9.59. The summed E-state index contributed by atoms with van der Waals surface area (Å²) in [6, 6.07) is 0. The summed E-state index contributed by atoms with van der Waals surface area (Å²) in [6.45, 7) is 8.10. The second kappa shape index (κ2) is 3.21. The quantitative estimate of drug-likeness (QED) is 0.621. The molecule has 9 heavy (non-hydrogen) atoms. The Hall–Kier alpha value is -0.0400. The van der Waals surface area contributed by atoms with Gasteiger partial charge in [-0.3, -0.25) is 0 Å². The Balaban J connectivity index is 3.70. The summed E-state index contributed by atoms with van der Waals surface area (Å²) in [5.41, 5.74) is -0.450. The first-order chi connectivity index (χ1) is 4.00. The minimum Gasteiger partial charge on any atom is -0.390 e. The summed E-state index contributed by atoms with van der Waals surface area (Å²) in [6.07, 6.45) is 1.97. The lowest BCUT2D eigenvalue weighted by Gasteiger charge is -2.26. The Morgan fingerprint density at radius 3 is 2.00 bits per heavy atom. The van der Waals surface area contributed by atoms with Crippen LogP contribution in [0.15, 0.2) is 0 Å². The van der Waals surface area contributed by atoms with Crippen molar-refractivity contribution in [1.29, 1.82) is 0 Å². The molecule has 56 valence electrons. The second-order valence-corrected chi connectivity index (χ2v) is 3.26. The van der Waals surface area contributed by atoms with Crippen molar-refractivity contribution in [3.63, 3.8) is 0 Å². The maximum Gasteiger partial charge on any atom is 0.0642 e. The van der Waals surface area contributed by atoms with Gasteiger partial charge in [-0.15, -0.1) is 0 Å². The first-order valence-electron chi connectivity index (χ1n) is 3.73. The molecule has 1 heteroatoms. The zero-order valence-corrected chi connectivity index (χ0v) is 6.94. The molecule has 0 saturated carbocycles. The molecule has 0 aromatic carbocycles. The van der Waals surface area contributed by atoms with Gasteiger partial charge in [-0.05, 0) is 19.3 Å². The van der Waals surface area contributed by atoms with Crippen molar-refractivity contribution in [2.75, 3.05) is 0 Å². The summed E-state index contributed by atoms with van der Waals surface area (Å²) >= 11 is 0. The molecule has 0 aliphatic rings. The Bertz CT molecular complexity index is 74.6. The summed E-state index contributed by atoms with van der Waals surface area (Å²) in [4.78, 5) is 0. The first kappa shape index (κ1) is 8.96. The van der Waals surface area contributed by atoms with Crippen molar-refractivity contribution < 1.29 is 5.11 Å². The van der Waals surface area contributed by atoms with Gasteiger partial charge in [0.15, 0.2) is 0 Å². The van der Waals surface area contributed by atoms with Crippen LogP contribution in [0.3, 0.4) is 0 Å². The first-order valence-corrected chi connectivity index (χ1v) is 3.73. The molecule has 0 unspecified atom stereocenters. The van der Waals surface area contributed by atoms with Crippen LogP contribution in [-0.4, -0.2) is 10.7 Å². The average Bonchev–Trinajstić information content (AvgIpc) is 1.65. The molecule has 0 amide bonds. The fraction of sp³-hybridized carbons (Fsp3) is 1.00. The minimum absolute atomic E-state index is 0.373. The highest BCUT2D eigenvalue weighted by Gasteiger charge is 2.22. The van der Waals surface area contributed by atoms with Gasteiger partial charge in [-0.1, -0.05) is 27.2 Å². The van der Waals surface area contributed by atoms with E-state index in [0.717, 1.165) is 12.8 Å². The van der Waals surface area contributed by atoms with E-state index in [-0.39, 0.29) is 0 Å². The van der Waals surface area contributed by atoms with E-state index in [9.17, 15) is 5.11 Å². The van der Waals surface area contributed by atoms with Crippen LogP contribution in [0, 0.1) is 5.92 Å². The maximum absolute atomic E-state index is 9.59. The predicted octanol–water partition coefficient (Wildman–Crippen LogP) is 2.19. The molecule has 1 N–H and O–H groups in total. The highest BCUT2D eigenvalue weighted by molar-refractivity contribution is 4.74. The molecule has 1 atom stereocenters. The predicted molar refractivity (Wildman–Crippen MR) is 40.4 cm³/mol. The van der Waals surface area contributed by atoms with Crippen molar-refractivity contribution in [1.82, 2.24) is 0 Å². The van der Waals surface area contributed by atoms with Crippen LogP contribution in [0.1, 0.15) is 40.5 Å². The summed E-state index contributed by atoms with van der Waals surface area (Å²) < 4.78 is 0. The van der Waals surface area contributed by atoms with Gasteiger partial charge >= 0.3 is 0 Å². The van der Waals surface area contributed by atoms with Crippen molar-refractivity contribution in [3.05, 3.63) is 0 Å². The number of hydrogen-bond acceptors (Lipinski definition) is 1. The topological polar surface area (TPSA) is 20.2 Å². The third-order valence-corrected chi connectivity index (χ3v) is 2.00. The lowest BCUT2D eigenvalue weighted by Crippen LogP contribution is -2.30. The lowest BCUT2D eigenvalue weighted by atomic mass is 9.88. The molecule has 0 aliphatic carbocycles. The summed E-state index contributed by atoms with van der Waals surface area (Å²) in [7, 11) is 0. The average molecular weight is 130 g/mol. The molecule has 0 saturated heterocycles. The highest BCUT2D eigenvalue weighted by Crippen LogP contribution is 2.21. The van der Waals surface area contributed by atoms with E-state index in [1.54, 1.807) is 0 Å². The van der Waals surface area contributed by atoms with Gasteiger partial charge in [-0.25, -0.2) is 0 Å². The fourth-order valence-electron chi connectivity index (χ4n) is 0.795. The minimum atomic E-state index is -0.450. The monoisotopic (exact) mass is 130 g/mol. The molecule has 0 bridgehead atoms. The molecule has 0 rings (SSSR count). The summed E-state index contributed by atoms with van der Waals surface area (Å²) in [5, 5.41) is 9.59. The molecule has 0 aromatic heterocycles. The number of aliphatic hydroxyl groups is 1. The molecule has 0 aromatic rings. The Kier molecular flexibility index (Phi) is 3.20. The Morgan fingerprint density at radius 2 is 1.89 bits per heavy atom. The molecule has 0 radical (unpaired) electrons. The number of rotatable bonds is 3. The van der Waals surface area contributed by atoms with E-state index in [0.29, 0.717) is 5.92 Å². The molecule has 1 nitrogen and oxygen atoms in total. The zero-order chi connectivity index (χ0) is 7.49. The van der Waals surface area contributed by atoms with Gasteiger partial charge in [-0.2, -0.15) is 0 Å². The number of hydrogen-bond donors (Lipinski definition) is 1. The Labute approximate surface area is 58.1 Å². The van der Waals surface area contributed by atoms with Gasteiger partial charge in [0, 0.05) is 0 Å². The second-order valence-electron chi connectivity index (χ2n) is 3.26. The van der Waals surface area contributed by atoms with Crippen LogP contribution in [0.25, 0.3) is 0 Å². The molecule has 0 spiro atoms. The van der Waals surface area contributed by atoms with Crippen molar-refractivity contribution in [3.8, 4) is 0 Å². The lowest BCUT2D eigenvalue weighted by molar-refractivity contribution is 0.00478. The van der Waals surface area contributed by atoms with E-state index in [4.69, 9.17) is 0 Å². The van der Waals surface area contributed by atoms with Crippen LogP contribution < -0.4 is 0 Å².